The molecule has 4 rings (SSSR count). The molecule has 6 heteroatoms. The van der Waals surface area contributed by atoms with E-state index >= 15 is 0 Å². The van der Waals surface area contributed by atoms with E-state index < -0.39 is 0 Å². The van der Waals surface area contributed by atoms with Crippen LogP contribution in [0.2, 0.25) is 5.02 Å². The van der Waals surface area contributed by atoms with E-state index in [1.54, 1.807) is 12.1 Å². The van der Waals surface area contributed by atoms with Gasteiger partial charge in [-0.1, -0.05) is 24.9 Å². The Morgan fingerprint density at radius 1 is 1.17 bits per heavy atom. The molecule has 2 saturated carbocycles. The molecular weight excluding hydrogens is 398 g/mol. The number of nitrogen functional groups attached to an aromatic ring is 1. The number of nitrogens with zero attached hydrogens (tertiary/aromatic N) is 1. The highest BCUT2D eigenvalue weighted by Crippen LogP contribution is 2.34. The van der Waals surface area contributed by atoms with Gasteiger partial charge in [0.2, 0.25) is 0 Å². The summed E-state index contributed by atoms with van der Waals surface area (Å²) in [7, 11) is 0. The number of rotatable bonds is 7. The van der Waals surface area contributed by atoms with Gasteiger partial charge in [0, 0.05) is 18.7 Å². The van der Waals surface area contributed by atoms with Crippen LogP contribution in [-0.2, 0) is 0 Å². The van der Waals surface area contributed by atoms with Crippen LogP contribution in [0.5, 0.6) is 5.75 Å². The number of halogens is 1. The minimum absolute atomic E-state index is 0.0971. The average Bonchev–Trinajstić information content (AvgIpc) is 3.55. The number of benzene rings is 1. The third kappa shape index (κ3) is 5.82. The van der Waals surface area contributed by atoms with Crippen LogP contribution < -0.4 is 15.8 Å². The summed E-state index contributed by atoms with van der Waals surface area (Å²) in [5.41, 5.74) is 6.92. The molecule has 1 aliphatic heterocycles. The second-order valence-electron chi connectivity index (χ2n) is 9.81. The normalized spacial score (nSPS) is 25.8. The van der Waals surface area contributed by atoms with E-state index in [9.17, 15) is 4.79 Å². The monoisotopic (exact) mass is 433 g/mol. The number of carbonyl (C=O) groups excluding carboxylic acids is 1. The van der Waals surface area contributed by atoms with Crippen molar-refractivity contribution in [3.8, 4) is 5.75 Å². The molecule has 166 valence electrons. The van der Waals surface area contributed by atoms with Crippen molar-refractivity contribution in [3.05, 3.63) is 22.7 Å². The maximum atomic E-state index is 13.1. The lowest BCUT2D eigenvalue weighted by Crippen LogP contribution is -2.42. The van der Waals surface area contributed by atoms with Crippen molar-refractivity contribution in [2.45, 2.75) is 64.3 Å². The van der Waals surface area contributed by atoms with E-state index in [0.29, 0.717) is 40.5 Å². The van der Waals surface area contributed by atoms with Crippen LogP contribution in [0, 0.1) is 17.8 Å². The van der Waals surface area contributed by atoms with Crippen molar-refractivity contribution in [2.75, 3.05) is 32.0 Å². The molecule has 0 bridgehead atoms. The first kappa shape index (κ1) is 21.8. The molecule has 2 atom stereocenters. The predicted octanol–water partition coefficient (Wildman–Crippen LogP) is 4.73. The summed E-state index contributed by atoms with van der Waals surface area (Å²) in [4.78, 5) is 15.7. The van der Waals surface area contributed by atoms with Crippen LogP contribution in [0.3, 0.4) is 0 Å². The highest BCUT2D eigenvalue weighted by Gasteiger charge is 2.28. The summed E-state index contributed by atoms with van der Waals surface area (Å²) < 4.78 is 5.93. The van der Waals surface area contributed by atoms with Gasteiger partial charge in [-0.15, -0.1) is 0 Å². The molecule has 30 heavy (non-hydrogen) atoms. The van der Waals surface area contributed by atoms with Gasteiger partial charge in [-0.05, 0) is 81.9 Å². The lowest BCUT2D eigenvalue weighted by atomic mass is 9.84. The van der Waals surface area contributed by atoms with Gasteiger partial charge >= 0.3 is 0 Å². The van der Waals surface area contributed by atoms with Crippen molar-refractivity contribution in [2.24, 2.45) is 17.8 Å². The third-order valence-electron chi connectivity index (χ3n) is 7.03. The van der Waals surface area contributed by atoms with Gasteiger partial charge < -0.3 is 20.7 Å². The quantitative estimate of drug-likeness (QED) is 0.610. The van der Waals surface area contributed by atoms with E-state index in [1.807, 2.05) is 0 Å². The van der Waals surface area contributed by atoms with E-state index in [2.05, 4.69) is 17.1 Å². The number of hydrogen-bond donors (Lipinski definition) is 2. The van der Waals surface area contributed by atoms with Crippen molar-refractivity contribution in [3.63, 3.8) is 0 Å². The first-order valence-electron chi connectivity index (χ1n) is 11.7. The first-order valence-corrected chi connectivity index (χ1v) is 12.1. The Balaban J connectivity index is 1.35. The molecule has 3 aliphatic rings. The predicted molar refractivity (Wildman–Crippen MR) is 122 cm³/mol. The topological polar surface area (TPSA) is 67.6 Å². The number of nitrogens with one attached hydrogen (secondary N) is 1. The zero-order chi connectivity index (χ0) is 21.1. The maximum Gasteiger partial charge on any atom is 0.255 e. The number of ether oxygens (including phenoxy) is 1. The van der Waals surface area contributed by atoms with Crippen LogP contribution >= 0.6 is 11.6 Å². The van der Waals surface area contributed by atoms with E-state index in [1.165, 1.54) is 58.2 Å². The van der Waals surface area contributed by atoms with Gasteiger partial charge in [-0.3, -0.25) is 4.79 Å². The van der Waals surface area contributed by atoms with Gasteiger partial charge in [0.25, 0.3) is 5.91 Å². The number of carbonyl (C=O) groups is 1. The Hall–Kier alpha value is -1.46. The summed E-state index contributed by atoms with van der Waals surface area (Å²) in [5.74, 6) is 2.59. The highest BCUT2D eigenvalue weighted by molar-refractivity contribution is 6.33. The Morgan fingerprint density at radius 2 is 1.93 bits per heavy atom. The van der Waals surface area contributed by atoms with Gasteiger partial charge in [0.15, 0.2) is 0 Å². The molecule has 3 fully saturated rings. The second-order valence-corrected chi connectivity index (χ2v) is 10.2. The molecule has 1 aromatic rings. The average molecular weight is 434 g/mol. The minimum Gasteiger partial charge on any atom is -0.492 e. The fourth-order valence-corrected chi connectivity index (χ4v) is 4.98. The molecular formula is C24H36ClN3O2. The van der Waals surface area contributed by atoms with E-state index in [4.69, 9.17) is 22.1 Å². The first-order chi connectivity index (χ1) is 14.5. The number of likely N-dealkylation sites (tertiary alicyclic amines) is 1. The Morgan fingerprint density at radius 3 is 2.67 bits per heavy atom. The molecule has 0 radical (unpaired) electrons. The summed E-state index contributed by atoms with van der Waals surface area (Å²) in [6, 6.07) is 3.57. The molecule has 2 unspecified atom stereocenters. The lowest BCUT2D eigenvalue weighted by Gasteiger charge is -2.36. The number of amides is 1. The molecule has 3 N–H and O–H groups in total. The van der Waals surface area contributed by atoms with Crippen molar-refractivity contribution in [1.29, 1.82) is 0 Å². The molecule has 1 aromatic carbocycles. The molecule has 0 spiro atoms. The molecule has 1 saturated heterocycles. The van der Waals surface area contributed by atoms with Gasteiger partial charge in [0.05, 0.1) is 22.9 Å². The number of nitrogens with two attached hydrogens (primary N) is 1. The summed E-state index contributed by atoms with van der Waals surface area (Å²) in [6.45, 7) is 6.61. The highest BCUT2D eigenvalue weighted by atomic mass is 35.5. The second kappa shape index (κ2) is 9.78. The summed E-state index contributed by atoms with van der Waals surface area (Å²) in [6.07, 6.45) is 9.56. The summed E-state index contributed by atoms with van der Waals surface area (Å²) in [5, 5.41) is 3.67. The standard InChI is InChI=1S/C24H36ClN3O2/c1-16-7-9-28(10-8-16)14-18-3-2-4-19(11-18)27-24(29)20-12-21(25)22(26)13-23(20)30-15-17-5-6-17/h12-13,16-19H,2-11,14-15,26H2,1H3,(H,27,29). The van der Waals surface area contributed by atoms with E-state index in [0.717, 1.165) is 18.8 Å². The van der Waals surface area contributed by atoms with Crippen molar-refractivity contribution < 1.29 is 9.53 Å². The smallest absolute Gasteiger partial charge is 0.255 e. The van der Waals surface area contributed by atoms with Crippen LogP contribution in [0.1, 0.15) is 68.6 Å². The number of hydrogen-bond acceptors (Lipinski definition) is 4. The fourth-order valence-electron chi connectivity index (χ4n) is 4.82. The van der Waals surface area contributed by atoms with Crippen LogP contribution in [0.15, 0.2) is 12.1 Å². The third-order valence-corrected chi connectivity index (χ3v) is 7.35. The zero-order valence-corrected chi connectivity index (χ0v) is 18.9. The number of anilines is 1. The van der Waals surface area contributed by atoms with Gasteiger partial charge in [0.1, 0.15) is 5.75 Å². The van der Waals surface area contributed by atoms with Gasteiger partial charge in [-0.2, -0.15) is 0 Å². The Kier molecular flexibility index (Phi) is 7.09. The van der Waals surface area contributed by atoms with Crippen LogP contribution in [0.25, 0.3) is 0 Å². The number of piperidine rings is 1. The van der Waals surface area contributed by atoms with Gasteiger partial charge in [-0.25, -0.2) is 0 Å². The van der Waals surface area contributed by atoms with Crippen LogP contribution in [0.4, 0.5) is 5.69 Å². The zero-order valence-electron chi connectivity index (χ0n) is 18.2. The van der Waals surface area contributed by atoms with E-state index in [-0.39, 0.29) is 11.9 Å². The maximum absolute atomic E-state index is 13.1. The molecule has 1 heterocycles. The molecule has 2 aliphatic carbocycles. The minimum atomic E-state index is -0.0971. The molecule has 0 aromatic heterocycles. The SMILES string of the molecule is CC1CCN(CC2CCCC(NC(=O)c3cc(Cl)c(N)cc3OCC3CC3)C2)CC1. The van der Waals surface area contributed by atoms with Crippen LogP contribution in [-0.4, -0.2) is 43.1 Å². The van der Waals surface area contributed by atoms with Crippen molar-refractivity contribution >= 4 is 23.2 Å². The summed E-state index contributed by atoms with van der Waals surface area (Å²) >= 11 is 6.22. The Bertz CT molecular complexity index is 744. The largest absolute Gasteiger partial charge is 0.492 e. The Labute approximate surface area is 185 Å². The molecule has 5 nitrogen and oxygen atoms in total. The van der Waals surface area contributed by atoms with Crippen molar-refractivity contribution in [1.82, 2.24) is 10.2 Å². The lowest BCUT2D eigenvalue weighted by molar-refractivity contribution is 0.0901. The molecule has 1 amide bonds. The fraction of sp³-hybridized carbons (Fsp3) is 0.708.